The van der Waals surface area contributed by atoms with Crippen LogP contribution in [0.2, 0.25) is 0 Å². The van der Waals surface area contributed by atoms with E-state index >= 15 is 0 Å². The Labute approximate surface area is 111 Å². The van der Waals surface area contributed by atoms with E-state index in [4.69, 9.17) is 0 Å². The van der Waals surface area contributed by atoms with E-state index in [-0.39, 0.29) is 0 Å². The van der Waals surface area contributed by atoms with Crippen LogP contribution in [0.15, 0.2) is 24.3 Å². The van der Waals surface area contributed by atoms with Gasteiger partial charge in [0.15, 0.2) is 0 Å². The van der Waals surface area contributed by atoms with E-state index in [0.717, 1.165) is 25.2 Å². The van der Waals surface area contributed by atoms with Gasteiger partial charge < -0.3 is 10.0 Å². The van der Waals surface area contributed by atoms with Crippen molar-refractivity contribution in [2.24, 2.45) is 5.92 Å². The second-order valence-corrected chi connectivity index (χ2v) is 4.91. The number of hydrogen-bond donors (Lipinski definition) is 2. The second kappa shape index (κ2) is 7.57. The van der Waals surface area contributed by atoms with Crippen molar-refractivity contribution in [1.82, 2.24) is 4.90 Å². The molecule has 0 amide bonds. The fourth-order valence-electron chi connectivity index (χ4n) is 2.05. The van der Waals surface area contributed by atoms with Gasteiger partial charge in [0.1, 0.15) is 0 Å². The van der Waals surface area contributed by atoms with Crippen molar-refractivity contribution in [3.8, 4) is 0 Å². The third-order valence-corrected chi connectivity index (χ3v) is 3.44. The van der Waals surface area contributed by atoms with Gasteiger partial charge in [-0.25, -0.2) is 0 Å². The molecular weight excluding hydrogens is 225 g/mol. The highest BCUT2D eigenvalue weighted by Crippen LogP contribution is 2.08. The van der Waals surface area contributed by atoms with Crippen LogP contribution in [-0.2, 0) is 6.54 Å². The van der Waals surface area contributed by atoms with Crippen LogP contribution in [-0.4, -0.2) is 35.2 Å². The van der Waals surface area contributed by atoms with Gasteiger partial charge in [-0.05, 0) is 23.5 Å². The van der Waals surface area contributed by atoms with Crippen molar-refractivity contribution >= 4 is 12.6 Å². The van der Waals surface area contributed by atoms with E-state index in [9.17, 15) is 10.0 Å². The molecule has 0 aromatic heterocycles. The molecule has 100 valence electrons. The average molecular weight is 249 g/mol. The van der Waals surface area contributed by atoms with Crippen molar-refractivity contribution in [3.63, 3.8) is 0 Å². The summed E-state index contributed by atoms with van der Waals surface area (Å²) in [4.78, 5) is 2.34. The Morgan fingerprint density at radius 2 is 1.89 bits per heavy atom. The largest absolute Gasteiger partial charge is 0.488 e. The lowest BCUT2D eigenvalue weighted by Gasteiger charge is -2.24. The maximum Gasteiger partial charge on any atom is 0.488 e. The summed E-state index contributed by atoms with van der Waals surface area (Å²) in [7, 11) is -1.39. The normalized spacial score (nSPS) is 12.8. The van der Waals surface area contributed by atoms with E-state index in [2.05, 4.69) is 25.7 Å². The maximum absolute atomic E-state index is 9.36. The lowest BCUT2D eigenvalue weighted by Crippen LogP contribution is -2.36. The predicted octanol–water partition coefficient (Wildman–Crippen LogP) is 1.23. The minimum absolute atomic E-state index is 0.611. The molecule has 18 heavy (non-hydrogen) atoms. The summed E-state index contributed by atoms with van der Waals surface area (Å²) in [5, 5.41) is 18.7. The number of rotatable bonds is 7. The van der Waals surface area contributed by atoms with E-state index in [1.165, 1.54) is 6.42 Å². The Bertz CT molecular complexity index is 357. The van der Waals surface area contributed by atoms with Crippen LogP contribution in [0.3, 0.4) is 0 Å². The number of benzene rings is 1. The SMILES string of the molecule is CCC(C)CN(CC)Cc1ccccc1B(O)O. The van der Waals surface area contributed by atoms with Gasteiger partial charge in [0, 0.05) is 13.1 Å². The molecule has 0 spiro atoms. The molecule has 0 aliphatic rings. The van der Waals surface area contributed by atoms with Crippen LogP contribution in [0.25, 0.3) is 0 Å². The topological polar surface area (TPSA) is 43.7 Å². The summed E-state index contributed by atoms with van der Waals surface area (Å²) in [5.41, 5.74) is 1.61. The lowest BCUT2D eigenvalue weighted by atomic mass is 9.77. The molecule has 0 saturated heterocycles. The van der Waals surface area contributed by atoms with Crippen molar-refractivity contribution < 1.29 is 10.0 Å². The molecule has 3 nitrogen and oxygen atoms in total. The minimum atomic E-state index is -1.39. The highest BCUT2D eigenvalue weighted by Gasteiger charge is 2.17. The first-order valence-electron chi connectivity index (χ1n) is 6.74. The lowest BCUT2D eigenvalue weighted by molar-refractivity contribution is 0.238. The summed E-state index contributed by atoms with van der Waals surface area (Å²) in [6.45, 7) is 9.37. The average Bonchev–Trinajstić information content (AvgIpc) is 2.38. The van der Waals surface area contributed by atoms with E-state index in [0.29, 0.717) is 11.4 Å². The van der Waals surface area contributed by atoms with Gasteiger partial charge in [-0.15, -0.1) is 0 Å². The van der Waals surface area contributed by atoms with Crippen LogP contribution >= 0.6 is 0 Å². The standard InChI is InChI=1S/C14H24BNO2/c1-4-12(3)10-16(5-2)11-13-8-6-7-9-14(13)15(17)18/h6-9,12,17-18H,4-5,10-11H2,1-3H3. The Hall–Kier alpha value is -0.835. The molecule has 0 aliphatic carbocycles. The van der Waals surface area contributed by atoms with Gasteiger partial charge in [0.25, 0.3) is 0 Å². The fraction of sp³-hybridized carbons (Fsp3) is 0.571. The monoisotopic (exact) mass is 249 g/mol. The van der Waals surface area contributed by atoms with Crippen molar-refractivity contribution in [1.29, 1.82) is 0 Å². The first-order valence-corrected chi connectivity index (χ1v) is 6.74. The van der Waals surface area contributed by atoms with Gasteiger partial charge in [0.05, 0.1) is 0 Å². The van der Waals surface area contributed by atoms with Gasteiger partial charge in [-0.1, -0.05) is 51.5 Å². The molecule has 0 heterocycles. The molecule has 4 heteroatoms. The second-order valence-electron chi connectivity index (χ2n) is 4.91. The molecule has 0 aliphatic heterocycles. The Morgan fingerprint density at radius 1 is 1.22 bits per heavy atom. The van der Waals surface area contributed by atoms with E-state index in [1.807, 2.05) is 18.2 Å². The highest BCUT2D eigenvalue weighted by molar-refractivity contribution is 6.59. The summed E-state index contributed by atoms with van der Waals surface area (Å²) in [6, 6.07) is 7.52. The maximum atomic E-state index is 9.36. The van der Waals surface area contributed by atoms with Crippen molar-refractivity contribution in [2.45, 2.75) is 33.7 Å². The zero-order chi connectivity index (χ0) is 13.5. The third-order valence-electron chi connectivity index (χ3n) is 3.44. The summed E-state index contributed by atoms with van der Waals surface area (Å²) in [6.07, 6.45) is 1.17. The van der Waals surface area contributed by atoms with Crippen LogP contribution < -0.4 is 5.46 Å². The quantitative estimate of drug-likeness (QED) is 0.714. The van der Waals surface area contributed by atoms with Crippen LogP contribution in [0.5, 0.6) is 0 Å². The Balaban J connectivity index is 2.75. The van der Waals surface area contributed by atoms with E-state index in [1.54, 1.807) is 6.07 Å². The first kappa shape index (κ1) is 15.2. The minimum Gasteiger partial charge on any atom is -0.423 e. The smallest absolute Gasteiger partial charge is 0.423 e. The summed E-state index contributed by atoms with van der Waals surface area (Å²) in [5.74, 6) is 0.663. The molecule has 2 N–H and O–H groups in total. The van der Waals surface area contributed by atoms with Gasteiger partial charge in [-0.3, -0.25) is 4.90 Å². The molecule has 0 radical (unpaired) electrons. The zero-order valence-electron chi connectivity index (χ0n) is 11.6. The first-order chi connectivity index (χ1) is 8.58. The summed E-state index contributed by atoms with van der Waals surface area (Å²) >= 11 is 0. The van der Waals surface area contributed by atoms with E-state index < -0.39 is 7.12 Å². The molecule has 1 aromatic carbocycles. The molecule has 1 rings (SSSR count). The number of hydrogen-bond acceptors (Lipinski definition) is 3. The molecule has 1 atom stereocenters. The van der Waals surface area contributed by atoms with Gasteiger partial charge in [0.2, 0.25) is 0 Å². The zero-order valence-corrected chi connectivity index (χ0v) is 11.6. The number of nitrogens with zero attached hydrogens (tertiary/aromatic N) is 1. The Morgan fingerprint density at radius 3 is 2.44 bits per heavy atom. The molecule has 1 unspecified atom stereocenters. The van der Waals surface area contributed by atoms with Crippen LogP contribution in [0.4, 0.5) is 0 Å². The predicted molar refractivity (Wildman–Crippen MR) is 76.7 cm³/mol. The molecule has 1 aromatic rings. The highest BCUT2D eigenvalue weighted by atomic mass is 16.4. The van der Waals surface area contributed by atoms with Crippen LogP contribution in [0, 0.1) is 5.92 Å². The molecule has 0 fully saturated rings. The summed E-state index contributed by atoms with van der Waals surface area (Å²) < 4.78 is 0. The van der Waals surface area contributed by atoms with Gasteiger partial charge >= 0.3 is 7.12 Å². The Kier molecular flexibility index (Phi) is 6.40. The van der Waals surface area contributed by atoms with Crippen molar-refractivity contribution in [3.05, 3.63) is 29.8 Å². The van der Waals surface area contributed by atoms with Crippen LogP contribution in [0.1, 0.15) is 32.8 Å². The van der Waals surface area contributed by atoms with Crippen molar-refractivity contribution in [2.75, 3.05) is 13.1 Å². The van der Waals surface area contributed by atoms with Gasteiger partial charge in [-0.2, -0.15) is 0 Å². The molecular formula is C14H24BNO2. The molecule has 0 saturated carbocycles. The fourth-order valence-corrected chi connectivity index (χ4v) is 2.05. The molecule has 0 bridgehead atoms. The third kappa shape index (κ3) is 4.44.